The van der Waals surface area contributed by atoms with Gasteiger partial charge < -0.3 is 9.14 Å². The van der Waals surface area contributed by atoms with E-state index in [-0.39, 0.29) is 0 Å². The molecule has 0 amide bonds. The molecule has 6 rings (SSSR count). The van der Waals surface area contributed by atoms with Crippen molar-refractivity contribution in [3.05, 3.63) is 90.6 Å². The van der Waals surface area contributed by atoms with Crippen LogP contribution in [-0.4, -0.2) is 14.4 Å². The summed E-state index contributed by atoms with van der Waals surface area (Å²) in [5.74, 6) is 1.57. The molecule has 0 saturated carbocycles. The van der Waals surface area contributed by atoms with E-state index in [1.807, 2.05) is 77.5 Å². The summed E-state index contributed by atoms with van der Waals surface area (Å²) in [6.07, 6.45) is 4.03. The number of pyridine rings is 1. The summed E-state index contributed by atoms with van der Waals surface area (Å²) in [5.41, 5.74) is 4.99. The van der Waals surface area contributed by atoms with Gasteiger partial charge in [-0.25, -0.2) is 9.97 Å². The highest BCUT2D eigenvalue weighted by Gasteiger charge is 2.09. The number of rotatable bonds is 4. The van der Waals surface area contributed by atoms with E-state index in [0.717, 1.165) is 44.5 Å². The lowest BCUT2D eigenvalue weighted by Crippen LogP contribution is -1.86. The number of imidazole rings is 1. The van der Waals surface area contributed by atoms with Gasteiger partial charge in [-0.3, -0.25) is 0 Å². The Balaban J connectivity index is 1.30. The van der Waals surface area contributed by atoms with Crippen molar-refractivity contribution in [2.24, 2.45) is 0 Å². The number of ether oxygens (including phenoxy) is 1. The summed E-state index contributed by atoms with van der Waals surface area (Å²) in [4.78, 5) is 9.43. The first-order valence-corrected chi connectivity index (χ1v) is 11.2. The Labute approximate surface area is 180 Å². The summed E-state index contributed by atoms with van der Waals surface area (Å²) in [6, 6.07) is 24.2. The number of fused-ring (bicyclic) bond motifs is 2. The molecule has 30 heavy (non-hydrogen) atoms. The first-order chi connectivity index (χ1) is 14.8. The molecule has 144 valence electrons. The molecule has 0 spiro atoms. The minimum atomic E-state index is 0.779. The van der Waals surface area contributed by atoms with Gasteiger partial charge in [0.05, 0.1) is 11.2 Å². The van der Waals surface area contributed by atoms with Crippen LogP contribution in [-0.2, 0) is 0 Å². The first-order valence-electron chi connectivity index (χ1n) is 9.48. The van der Waals surface area contributed by atoms with Crippen molar-refractivity contribution in [1.82, 2.24) is 14.4 Å². The SMILES string of the molecule is c1cc(Oc2cccc(-c3nc4ccsc4s3)c2)cc(-c2cn3ccccc3n2)c1. The number of nitrogens with zero attached hydrogens (tertiary/aromatic N) is 3. The van der Waals surface area contributed by atoms with E-state index >= 15 is 0 Å². The quantitative estimate of drug-likeness (QED) is 0.301. The van der Waals surface area contributed by atoms with E-state index in [1.54, 1.807) is 22.7 Å². The van der Waals surface area contributed by atoms with Crippen molar-refractivity contribution in [3.8, 4) is 33.3 Å². The Kier molecular flexibility index (Phi) is 4.11. The topological polar surface area (TPSA) is 39.4 Å². The summed E-state index contributed by atoms with van der Waals surface area (Å²) in [6.45, 7) is 0. The van der Waals surface area contributed by atoms with Gasteiger partial charge in [0.15, 0.2) is 0 Å². The minimum Gasteiger partial charge on any atom is -0.457 e. The van der Waals surface area contributed by atoms with E-state index in [2.05, 4.69) is 17.5 Å². The van der Waals surface area contributed by atoms with Gasteiger partial charge in [0.25, 0.3) is 0 Å². The van der Waals surface area contributed by atoms with Crippen LogP contribution in [0.3, 0.4) is 0 Å². The summed E-state index contributed by atoms with van der Waals surface area (Å²) < 4.78 is 9.44. The zero-order valence-corrected chi connectivity index (χ0v) is 17.4. The van der Waals surface area contributed by atoms with Crippen LogP contribution >= 0.6 is 22.7 Å². The van der Waals surface area contributed by atoms with Crippen LogP contribution in [0, 0.1) is 0 Å². The largest absolute Gasteiger partial charge is 0.457 e. The normalized spacial score (nSPS) is 11.3. The van der Waals surface area contributed by atoms with Gasteiger partial charge in [-0.15, -0.1) is 22.7 Å². The van der Waals surface area contributed by atoms with Crippen LogP contribution in [0.5, 0.6) is 11.5 Å². The fourth-order valence-electron chi connectivity index (χ4n) is 3.41. The molecular weight excluding hydrogens is 410 g/mol. The van der Waals surface area contributed by atoms with Gasteiger partial charge in [-0.1, -0.05) is 30.3 Å². The van der Waals surface area contributed by atoms with Gasteiger partial charge in [0, 0.05) is 23.5 Å². The third kappa shape index (κ3) is 3.16. The predicted molar refractivity (Wildman–Crippen MR) is 124 cm³/mol. The maximum absolute atomic E-state index is 6.18. The average Bonchev–Trinajstić information content (AvgIpc) is 3.48. The Morgan fingerprint density at radius 2 is 1.63 bits per heavy atom. The number of hydrogen-bond acceptors (Lipinski definition) is 5. The maximum atomic E-state index is 6.18. The molecule has 0 radical (unpaired) electrons. The van der Waals surface area contributed by atoms with Crippen LogP contribution in [0.25, 0.3) is 37.0 Å². The molecule has 6 aromatic rings. The molecule has 0 aliphatic rings. The number of aromatic nitrogens is 3. The highest BCUT2D eigenvalue weighted by molar-refractivity contribution is 7.38. The number of hydrogen-bond donors (Lipinski definition) is 0. The predicted octanol–water partition coefficient (Wildman–Crippen LogP) is 7.13. The zero-order valence-electron chi connectivity index (χ0n) is 15.7. The molecule has 4 heterocycles. The number of benzene rings is 2. The fraction of sp³-hybridized carbons (Fsp3) is 0. The number of thiophene rings is 1. The van der Waals surface area contributed by atoms with E-state index in [1.165, 1.54) is 4.01 Å². The monoisotopic (exact) mass is 425 g/mol. The van der Waals surface area contributed by atoms with Crippen molar-refractivity contribution < 1.29 is 4.74 Å². The third-order valence-corrected chi connectivity index (χ3v) is 6.98. The molecular formula is C24H15N3OS2. The van der Waals surface area contributed by atoms with Crippen LogP contribution < -0.4 is 4.74 Å². The summed E-state index contributed by atoms with van der Waals surface area (Å²) in [5, 5.41) is 3.09. The lowest BCUT2D eigenvalue weighted by atomic mass is 10.1. The Hall–Kier alpha value is -3.48. The number of thiazole rings is 1. The molecule has 2 aromatic carbocycles. The van der Waals surface area contributed by atoms with Crippen molar-refractivity contribution in [2.75, 3.05) is 0 Å². The van der Waals surface area contributed by atoms with Crippen LogP contribution in [0.2, 0.25) is 0 Å². The van der Waals surface area contributed by atoms with Gasteiger partial charge in [-0.05, 0) is 47.8 Å². The second kappa shape index (κ2) is 7.09. The average molecular weight is 426 g/mol. The van der Waals surface area contributed by atoms with Gasteiger partial charge in [0.1, 0.15) is 26.2 Å². The van der Waals surface area contributed by atoms with Gasteiger partial charge in [-0.2, -0.15) is 0 Å². The fourth-order valence-corrected chi connectivity index (χ4v) is 5.35. The zero-order chi connectivity index (χ0) is 19.9. The molecule has 4 nitrogen and oxygen atoms in total. The molecule has 0 aliphatic heterocycles. The third-order valence-electron chi connectivity index (χ3n) is 4.83. The highest BCUT2D eigenvalue weighted by atomic mass is 32.2. The summed E-state index contributed by atoms with van der Waals surface area (Å²) >= 11 is 3.44. The van der Waals surface area contributed by atoms with Crippen molar-refractivity contribution in [3.63, 3.8) is 0 Å². The van der Waals surface area contributed by atoms with Crippen molar-refractivity contribution >= 4 is 37.9 Å². The smallest absolute Gasteiger partial charge is 0.137 e. The van der Waals surface area contributed by atoms with Crippen LogP contribution in [0.15, 0.2) is 90.6 Å². The molecule has 0 bridgehead atoms. The van der Waals surface area contributed by atoms with E-state index < -0.39 is 0 Å². The molecule has 0 saturated heterocycles. The van der Waals surface area contributed by atoms with E-state index in [4.69, 9.17) is 14.7 Å². The molecule has 0 fully saturated rings. The van der Waals surface area contributed by atoms with Crippen molar-refractivity contribution in [2.45, 2.75) is 0 Å². The van der Waals surface area contributed by atoms with Crippen molar-refractivity contribution in [1.29, 1.82) is 0 Å². The van der Waals surface area contributed by atoms with Gasteiger partial charge >= 0.3 is 0 Å². The van der Waals surface area contributed by atoms with Gasteiger partial charge in [0.2, 0.25) is 0 Å². The molecule has 6 heteroatoms. The standard InChI is InChI=1S/C24H15N3OS2/c1-2-11-27-15-21(25-22(27)9-1)16-5-3-7-18(13-16)28-19-8-4-6-17(14-19)23-26-20-10-12-29-24(20)30-23/h1-15H. The Bertz CT molecular complexity index is 1430. The maximum Gasteiger partial charge on any atom is 0.137 e. The highest BCUT2D eigenvalue weighted by Crippen LogP contribution is 2.35. The first kappa shape index (κ1) is 17.4. The van der Waals surface area contributed by atoms with E-state index in [0.29, 0.717) is 0 Å². The minimum absolute atomic E-state index is 0.779. The van der Waals surface area contributed by atoms with E-state index in [9.17, 15) is 0 Å². The lowest BCUT2D eigenvalue weighted by Gasteiger charge is -2.08. The molecule has 0 N–H and O–H groups in total. The molecule has 0 unspecified atom stereocenters. The Morgan fingerprint density at radius 3 is 2.47 bits per heavy atom. The summed E-state index contributed by atoms with van der Waals surface area (Å²) in [7, 11) is 0. The molecule has 4 aromatic heterocycles. The van der Waals surface area contributed by atoms with Crippen LogP contribution in [0.1, 0.15) is 0 Å². The second-order valence-corrected chi connectivity index (χ2v) is 9.04. The van der Waals surface area contributed by atoms with Crippen LogP contribution in [0.4, 0.5) is 0 Å². The second-order valence-electron chi connectivity index (χ2n) is 6.86. The lowest BCUT2D eigenvalue weighted by molar-refractivity contribution is 0.483. The molecule has 0 aliphatic carbocycles. The Morgan fingerprint density at radius 1 is 0.800 bits per heavy atom. The molecule has 0 atom stereocenters.